The third kappa shape index (κ3) is 7.76. The Kier molecular flexibility index (Phi) is 11.7. The minimum atomic E-state index is -1.89. The Balaban J connectivity index is 1.26. The van der Waals surface area contributed by atoms with Crippen LogP contribution in [0.1, 0.15) is 42.3 Å². The lowest BCUT2D eigenvalue weighted by Crippen LogP contribution is -2.65. The number of aromatic hydroxyl groups is 2. The maximum atomic E-state index is 13.2. The molecule has 2 aromatic rings. The van der Waals surface area contributed by atoms with Crippen LogP contribution in [0.4, 0.5) is 0 Å². The van der Waals surface area contributed by atoms with E-state index in [4.69, 9.17) is 37.9 Å². The van der Waals surface area contributed by atoms with Crippen LogP contribution in [0.5, 0.6) is 28.7 Å². The fourth-order valence-electron chi connectivity index (χ4n) is 6.61. The third-order valence-electron chi connectivity index (χ3n) is 9.78. The van der Waals surface area contributed by atoms with Gasteiger partial charge < -0.3 is 89.0 Å². The molecule has 19 heteroatoms. The number of ether oxygens (including phenoxy) is 8. The van der Waals surface area contributed by atoms with Gasteiger partial charge in [0, 0.05) is 12.1 Å². The molecule has 294 valence electrons. The normalized spacial score (nSPS) is 40.2. The Labute approximate surface area is 302 Å². The van der Waals surface area contributed by atoms with Crippen LogP contribution in [0.2, 0.25) is 0 Å². The van der Waals surface area contributed by atoms with E-state index in [1.54, 1.807) is 6.07 Å². The second-order valence-electron chi connectivity index (χ2n) is 13.4. The first-order valence-electron chi connectivity index (χ1n) is 16.9. The molecule has 0 saturated carbocycles. The van der Waals surface area contributed by atoms with Crippen molar-refractivity contribution < 1.29 is 93.8 Å². The summed E-state index contributed by atoms with van der Waals surface area (Å²) in [4.78, 5) is 13.2. The number of fused-ring (bicyclic) bond motifs is 1. The van der Waals surface area contributed by atoms with Gasteiger partial charge in [-0.05, 0) is 31.5 Å². The van der Waals surface area contributed by atoms with Crippen LogP contribution in [0.3, 0.4) is 0 Å². The number of aliphatic hydroxyl groups is 8. The Morgan fingerprint density at radius 1 is 0.717 bits per heavy atom. The predicted molar refractivity (Wildman–Crippen MR) is 172 cm³/mol. The molecule has 0 radical (unpaired) electrons. The van der Waals surface area contributed by atoms with Crippen molar-refractivity contribution in [2.75, 3.05) is 13.7 Å². The summed E-state index contributed by atoms with van der Waals surface area (Å²) < 4.78 is 45.5. The van der Waals surface area contributed by atoms with Gasteiger partial charge in [0.25, 0.3) is 0 Å². The van der Waals surface area contributed by atoms with Gasteiger partial charge in [-0.1, -0.05) is 6.07 Å². The summed E-state index contributed by atoms with van der Waals surface area (Å²) in [5, 5.41) is 105. The number of phenolic OH excluding ortho intramolecular Hbond substituents is 2. The zero-order chi connectivity index (χ0) is 38.5. The van der Waals surface area contributed by atoms with Crippen molar-refractivity contribution in [1.29, 1.82) is 0 Å². The van der Waals surface area contributed by atoms with Gasteiger partial charge in [0.1, 0.15) is 83.9 Å². The highest BCUT2D eigenvalue weighted by Gasteiger charge is 2.52. The Hall–Kier alpha value is -3.41. The molecule has 19 nitrogen and oxygen atoms in total. The Morgan fingerprint density at radius 2 is 1.36 bits per heavy atom. The Morgan fingerprint density at radius 3 is 2.00 bits per heavy atom. The molecule has 6 rings (SSSR count). The number of hydrogen-bond donors (Lipinski definition) is 10. The topological polar surface area (TPSA) is 293 Å². The average molecular weight is 757 g/mol. The van der Waals surface area contributed by atoms with Crippen molar-refractivity contribution in [3.63, 3.8) is 0 Å². The molecule has 10 N–H and O–H groups in total. The maximum absolute atomic E-state index is 13.2. The zero-order valence-corrected chi connectivity index (χ0v) is 28.7. The van der Waals surface area contributed by atoms with Crippen molar-refractivity contribution in [2.45, 2.75) is 118 Å². The first-order valence-corrected chi connectivity index (χ1v) is 16.9. The molecule has 0 bridgehead atoms. The van der Waals surface area contributed by atoms with Gasteiger partial charge in [-0.2, -0.15) is 0 Å². The molecule has 4 aliphatic rings. The van der Waals surface area contributed by atoms with Crippen molar-refractivity contribution >= 4 is 5.78 Å². The molecule has 0 amide bonds. The van der Waals surface area contributed by atoms with Gasteiger partial charge in [-0.25, -0.2) is 0 Å². The highest BCUT2D eigenvalue weighted by molar-refractivity contribution is 6.02. The number of methoxy groups -OCH3 is 1. The monoisotopic (exact) mass is 756 g/mol. The highest BCUT2D eigenvalue weighted by Crippen LogP contribution is 2.44. The molecule has 53 heavy (non-hydrogen) atoms. The van der Waals surface area contributed by atoms with E-state index in [0.29, 0.717) is 5.56 Å². The molecule has 3 saturated heterocycles. The third-order valence-corrected chi connectivity index (χ3v) is 9.78. The number of phenols is 2. The van der Waals surface area contributed by atoms with Crippen LogP contribution < -0.4 is 14.2 Å². The van der Waals surface area contributed by atoms with E-state index in [2.05, 4.69) is 0 Å². The molecule has 0 aliphatic carbocycles. The molecule has 2 aromatic carbocycles. The highest BCUT2D eigenvalue weighted by atomic mass is 16.8. The summed E-state index contributed by atoms with van der Waals surface area (Å²) >= 11 is 0. The number of Topliss-reactive ketones (excluding diaryl/α,β-unsaturated/α-hetero) is 1. The van der Waals surface area contributed by atoms with Crippen LogP contribution in [0.15, 0.2) is 30.3 Å². The van der Waals surface area contributed by atoms with E-state index >= 15 is 0 Å². The fraction of sp³-hybridized carbons (Fsp3) is 0.618. The molecule has 4 aliphatic heterocycles. The van der Waals surface area contributed by atoms with E-state index < -0.39 is 116 Å². The van der Waals surface area contributed by atoms with Crippen LogP contribution in [0, 0.1) is 0 Å². The maximum Gasteiger partial charge on any atom is 0.229 e. The van der Waals surface area contributed by atoms with E-state index in [-0.39, 0.29) is 35.0 Å². The van der Waals surface area contributed by atoms with Crippen molar-refractivity contribution in [3.8, 4) is 28.7 Å². The van der Waals surface area contributed by atoms with Crippen LogP contribution in [-0.4, -0.2) is 163 Å². The van der Waals surface area contributed by atoms with E-state index in [1.165, 1.54) is 39.2 Å². The van der Waals surface area contributed by atoms with Gasteiger partial charge in [-0.3, -0.25) is 4.79 Å². The van der Waals surface area contributed by atoms with Crippen LogP contribution in [-0.2, 0) is 23.7 Å². The number of carbonyl (C=O) groups excluding carboxylic acids is 1. The molecule has 0 aromatic heterocycles. The van der Waals surface area contributed by atoms with Gasteiger partial charge in [0.2, 0.25) is 6.29 Å². The van der Waals surface area contributed by atoms with Crippen LogP contribution >= 0.6 is 0 Å². The molecule has 16 atom stereocenters. The van der Waals surface area contributed by atoms with Gasteiger partial charge in [-0.15, -0.1) is 0 Å². The van der Waals surface area contributed by atoms with Crippen molar-refractivity contribution in [1.82, 2.24) is 0 Å². The number of carbonyl (C=O) groups is 1. The second-order valence-corrected chi connectivity index (χ2v) is 13.4. The Bertz CT molecular complexity index is 1610. The number of rotatable bonds is 9. The number of ketones is 1. The van der Waals surface area contributed by atoms with Crippen LogP contribution in [0.25, 0.3) is 0 Å². The molecule has 3 fully saturated rings. The smallest absolute Gasteiger partial charge is 0.229 e. The SMILES string of the molecule is COc1ccc([C@@H]2CC(=O)c3c(O)cc(O[C@@H]4O[C@@H](CO[C@@H]5O[C@@H](C)[C@H](O)[C@@H](O)[C@@H]5O)[C@@H](O)[C@H](O)[C@@H]4O[C@@H]4O[C@@H](C)[C@H](O)[C@@H](O)[C@@H]4O)cc3O2)cc1O. The minimum Gasteiger partial charge on any atom is -0.507 e. The van der Waals surface area contributed by atoms with Crippen molar-refractivity contribution in [2.24, 2.45) is 0 Å². The summed E-state index contributed by atoms with van der Waals surface area (Å²) in [7, 11) is 1.38. The first-order chi connectivity index (χ1) is 25.1. The van der Waals surface area contributed by atoms with E-state index in [1.807, 2.05) is 0 Å². The summed E-state index contributed by atoms with van der Waals surface area (Å²) in [6.45, 7) is 2.25. The largest absolute Gasteiger partial charge is 0.507 e. The molecule has 0 spiro atoms. The lowest BCUT2D eigenvalue weighted by atomic mass is 9.95. The molecular formula is C34H44O19. The summed E-state index contributed by atoms with van der Waals surface area (Å²) in [5.41, 5.74) is 0.270. The quantitative estimate of drug-likeness (QED) is 0.129. The minimum absolute atomic E-state index is 0.111. The van der Waals surface area contributed by atoms with Gasteiger partial charge in [0.15, 0.2) is 36.0 Å². The average Bonchev–Trinajstić information content (AvgIpc) is 3.12. The van der Waals surface area contributed by atoms with E-state index in [0.717, 1.165) is 6.07 Å². The predicted octanol–water partition coefficient (Wildman–Crippen LogP) is -2.30. The summed E-state index contributed by atoms with van der Waals surface area (Å²) in [5.74, 6) is -1.32. The number of aliphatic hydroxyl groups excluding tert-OH is 8. The van der Waals surface area contributed by atoms with Gasteiger partial charge in [0.05, 0.1) is 32.3 Å². The lowest BCUT2D eigenvalue weighted by molar-refractivity contribution is -0.360. The zero-order valence-electron chi connectivity index (χ0n) is 28.7. The standard InChI is InChI=1S/C34H44O19/c1-11-23(38)26(41)29(44)32(48-11)47-10-21-25(40)28(43)31(53-33-30(45)27(42)24(39)12(2)49-33)34(52-21)50-14-7-16(36)22-17(37)9-19(51-20(22)8-14)13-4-5-18(46-3)15(35)6-13/h4-8,11-12,19,21,23-36,38-45H,9-10H2,1-3H3/t11-,12-,19-,21-,23-,24-,25+,26+,27+,28-,29-,30-,31-,32+,33-,34+/m0/s1. The van der Waals surface area contributed by atoms with Crippen molar-refractivity contribution in [3.05, 3.63) is 41.5 Å². The number of hydrogen-bond acceptors (Lipinski definition) is 19. The number of benzene rings is 2. The fourth-order valence-corrected chi connectivity index (χ4v) is 6.61. The molecule has 0 unspecified atom stereocenters. The summed E-state index contributed by atoms with van der Waals surface area (Å²) in [6.07, 6.45) is -24.6. The first kappa shape index (κ1) is 39.3. The summed E-state index contributed by atoms with van der Waals surface area (Å²) in [6, 6.07) is 6.77. The van der Waals surface area contributed by atoms with Gasteiger partial charge >= 0.3 is 0 Å². The second kappa shape index (κ2) is 15.7. The van der Waals surface area contributed by atoms with E-state index in [9.17, 15) is 55.9 Å². The molecular weight excluding hydrogens is 712 g/mol. The lowest BCUT2D eigenvalue weighted by Gasteiger charge is -2.46. The molecule has 4 heterocycles.